The number of aromatic amines is 1. The monoisotopic (exact) mass is 379 g/mol. The van der Waals surface area contributed by atoms with Crippen LogP contribution in [0.1, 0.15) is 6.23 Å². The van der Waals surface area contributed by atoms with Gasteiger partial charge in [0.25, 0.3) is 0 Å². The number of phosphoric ester groups is 1. The Bertz CT molecular complexity index is 865. The number of fused-ring (bicyclic) bond motifs is 1. The maximum Gasteiger partial charge on any atom is 0.470 e. The van der Waals surface area contributed by atoms with Crippen LogP contribution in [-0.4, -0.2) is 64.4 Å². The number of phosphoric acid groups is 1. The molecule has 4 atom stereocenters. The van der Waals surface area contributed by atoms with E-state index in [-0.39, 0.29) is 10.6 Å². The number of anilines is 1. The molecule has 0 radical (unpaired) electrons. The molecule has 1 aliphatic rings. The van der Waals surface area contributed by atoms with Crippen LogP contribution in [0, 0.1) is 4.64 Å². The first-order chi connectivity index (χ1) is 11.2. The van der Waals surface area contributed by atoms with E-state index in [1.807, 2.05) is 0 Å². The van der Waals surface area contributed by atoms with E-state index in [1.54, 1.807) is 0 Å². The minimum absolute atomic E-state index is 0.0171. The largest absolute Gasteiger partial charge is 0.470 e. The molecule has 2 aromatic heterocycles. The Kier molecular flexibility index (Phi) is 4.44. The molecule has 1 saturated heterocycles. The van der Waals surface area contributed by atoms with Gasteiger partial charge in [-0.1, -0.05) is 12.2 Å². The van der Waals surface area contributed by atoms with Crippen molar-refractivity contribution in [3.8, 4) is 0 Å². The molecule has 132 valence electrons. The second-order valence-electron chi connectivity index (χ2n) is 5.08. The third-order valence-electron chi connectivity index (χ3n) is 3.49. The van der Waals surface area contributed by atoms with Crippen molar-refractivity contribution in [2.45, 2.75) is 24.5 Å². The normalized spacial score (nSPS) is 27.8. The van der Waals surface area contributed by atoms with Crippen LogP contribution in [0.25, 0.3) is 11.2 Å². The fraction of sp³-hybridized carbons (Fsp3) is 0.500. The first kappa shape index (κ1) is 17.4. The van der Waals surface area contributed by atoms with Crippen molar-refractivity contribution in [2.24, 2.45) is 0 Å². The highest BCUT2D eigenvalue weighted by Gasteiger charge is 2.48. The van der Waals surface area contributed by atoms with E-state index in [1.165, 1.54) is 10.9 Å². The Morgan fingerprint density at radius 3 is 2.88 bits per heavy atom. The summed E-state index contributed by atoms with van der Waals surface area (Å²) in [6, 6.07) is 0. The van der Waals surface area contributed by atoms with Crippen molar-refractivity contribution in [1.82, 2.24) is 19.5 Å². The molecule has 0 aliphatic carbocycles. The van der Waals surface area contributed by atoms with Gasteiger partial charge in [0.05, 0.1) is 12.9 Å². The van der Waals surface area contributed by atoms with E-state index >= 15 is 0 Å². The third-order valence-corrected chi connectivity index (χ3v) is 4.29. The van der Waals surface area contributed by atoms with Crippen LogP contribution in [-0.2, 0) is 13.8 Å². The van der Waals surface area contributed by atoms with Gasteiger partial charge in [-0.05, 0) is 0 Å². The number of nitrogens with two attached hydrogens (primary N) is 1. The molecule has 1 fully saturated rings. The lowest BCUT2D eigenvalue weighted by atomic mass is 10.1. The predicted octanol–water partition coefficient (Wildman–Crippen LogP) is -1.20. The van der Waals surface area contributed by atoms with Gasteiger partial charge in [-0.3, -0.25) is 9.09 Å². The number of rotatable bonds is 4. The van der Waals surface area contributed by atoms with Gasteiger partial charge >= 0.3 is 7.82 Å². The summed E-state index contributed by atoms with van der Waals surface area (Å²) in [6.07, 6.45) is -3.95. The average molecular weight is 379 g/mol. The zero-order valence-corrected chi connectivity index (χ0v) is 13.6. The molecule has 3 rings (SSSR count). The highest BCUT2D eigenvalue weighted by Crippen LogP contribution is 2.44. The topological polar surface area (TPSA) is 189 Å². The number of aromatic nitrogens is 4. The van der Waals surface area contributed by atoms with E-state index in [2.05, 4.69) is 19.5 Å². The van der Waals surface area contributed by atoms with Crippen LogP contribution in [0.3, 0.4) is 0 Å². The van der Waals surface area contributed by atoms with Gasteiger partial charge in [0.1, 0.15) is 29.5 Å². The molecule has 0 amide bonds. The van der Waals surface area contributed by atoms with Crippen molar-refractivity contribution in [3.63, 3.8) is 0 Å². The molecule has 7 N–H and O–H groups in total. The second kappa shape index (κ2) is 6.13. The molecular weight excluding hydrogens is 365 g/mol. The summed E-state index contributed by atoms with van der Waals surface area (Å²) in [4.78, 5) is 28.5. The molecule has 0 unspecified atom stereocenters. The van der Waals surface area contributed by atoms with Gasteiger partial charge in [0.2, 0.25) is 0 Å². The lowest BCUT2D eigenvalue weighted by molar-refractivity contribution is -0.0509. The highest BCUT2D eigenvalue weighted by molar-refractivity contribution is 7.71. The van der Waals surface area contributed by atoms with Crippen molar-refractivity contribution in [3.05, 3.63) is 11.0 Å². The molecule has 0 aromatic carbocycles. The molecule has 3 heterocycles. The van der Waals surface area contributed by atoms with Crippen molar-refractivity contribution >= 4 is 37.2 Å². The summed E-state index contributed by atoms with van der Waals surface area (Å²) in [5.41, 5.74) is 6.20. The molecule has 1 aliphatic heterocycles. The smallest absolute Gasteiger partial charge is 0.394 e. The van der Waals surface area contributed by atoms with Gasteiger partial charge in [-0.2, -0.15) is 0 Å². The van der Waals surface area contributed by atoms with Gasteiger partial charge in [0, 0.05) is 0 Å². The first-order valence-electron chi connectivity index (χ1n) is 6.62. The number of aliphatic hydroxyl groups excluding tert-OH is 2. The fourth-order valence-electron chi connectivity index (χ4n) is 2.53. The SMILES string of the molecule is Nc1nc(=S)c2ncn([C@@H]3O[C@H](CO)[C@@H](OP(=O)(O)O)[C@H]3O)c2[nH]1. The number of imidazole rings is 1. The molecule has 14 heteroatoms. The number of nitrogen functional groups attached to an aromatic ring is 1. The number of nitrogens with zero attached hydrogens (tertiary/aromatic N) is 3. The maximum atomic E-state index is 11.0. The number of hydrogen-bond donors (Lipinski definition) is 6. The number of aliphatic hydroxyl groups is 2. The molecule has 12 nitrogen and oxygen atoms in total. The molecule has 0 spiro atoms. The van der Waals surface area contributed by atoms with E-state index in [0.29, 0.717) is 11.2 Å². The van der Waals surface area contributed by atoms with Crippen LogP contribution in [0.2, 0.25) is 0 Å². The summed E-state index contributed by atoms with van der Waals surface area (Å²) >= 11 is 5.04. The van der Waals surface area contributed by atoms with Crippen LogP contribution in [0.4, 0.5) is 5.95 Å². The van der Waals surface area contributed by atoms with Crippen molar-refractivity contribution < 1.29 is 33.8 Å². The summed E-state index contributed by atoms with van der Waals surface area (Å²) in [5.74, 6) is 0.0171. The maximum absolute atomic E-state index is 11.0. The van der Waals surface area contributed by atoms with Gasteiger partial charge in [-0.25, -0.2) is 14.5 Å². The number of nitrogens with one attached hydrogen (secondary N) is 1. The first-order valence-corrected chi connectivity index (χ1v) is 8.56. The third kappa shape index (κ3) is 3.08. The van der Waals surface area contributed by atoms with Crippen LogP contribution in [0.5, 0.6) is 0 Å². The van der Waals surface area contributed by atoms with Gasteiger partial charge < -0.3 is 35.5 Å². The van der Waals surface area contributed by atoms with E-state index in [9.17, 15) is 14.8 Å². The fourth-order valence-corrected chi connectivity index (χ4v) is 3.36. The van der Waals surface area contributed by atoms with Gasteiger partial charge in [-0.15, -0.1) is 0 Å². The van der Waals surface area contributed by atoms with Crippen molar-refractivity contribution in [2.75, 3.05) is 12.3 Å². The summed E-state index contributed by atoms with van der Waals surface area (Å²) < 4.78 is 22.5. The van der Waals surface area contributed by atoms with E-state index < -0.39 is 39.0 Å². The summed E-state index contributed by atoms with van der Waals surface area (Å²) in [5, 5.41) is 19.7. The number of H-pyrrole nitrogens is 1. The minimum Gasteiger partial charge on any atom is -0.394 e. The standard InChI is InChI=1S/C10H14N5O7PS/c11-10-13-7-4(8(24)14-10)12-2-15(7)9-5(17)6(3(1-16)21-9)22-23(18,19)20/h2-3,5-6,9,16-17H,1H2,(H2,18,19,20)(H3,11,13,14,24)/t3-,5-,6-,9-/m1/s1. The summed E-state index contributed by atoms with van der Waals surface area (Å²) in [7, 11) is -4.90. The van der Waals surface area contributed by atoms with Crippen LogP contribution >= 0.6 is 20.0 Å². The van der Waals surface area contributed by atoms with Crippen molar-refractivity contribution in [1.29, 1.82) is 0 Å². The highest BCUT2D eigenvalue weighted by atomic mass is 32.1. The van der Waals surface area contributed by atoms with E-state index in [0.717, 1.165) is 0 Å². The zero-order valence-electron chi connectivity index (χ0n) is 11.9. The lowest BCUT2D eigenvalue weighted by Crippen LogP contribution is -2.35. The minimum atomic E-state index is -4.90. The molecule has 2 aromatic rings. The molecule has 0 saturated carbocycles. The Morgan fingerprint density at radius 2 is 2.25 bits per heavy atom. The molecule has 24 heavy (non-hydrogen) atoms. The Balaban J connectivity index is 2.01. The number of ether oxygens (including phenoxy) is 1. The Labute approximate surface area is 139 Å². The zero-order chi connectivity index (χ0) is 17.6. The van der Waals surface area contributed by atoms with Crippen LogP contribution in [0.15, 0.2) is 6.33 Å². The van der Waals surface area contributed by atoms with Crippen LogP contribution < -0.4 is 5.73 Å². The molecule has 0 bridgehead atoms. The predicted molar refractivity (Wildman–Crippen MR) is 81.0 cm³/mol. The molecular formula is C10H14N5O7PS. The second-order valence-corrected chi connectivity index (χ2v) is 6.65. The van der Waals surface area contributed by atoms with E-state index in [4.69, 9.17) is 32.5 Å². The average Bonchev–Trinajstić information content (AvgIpc) is 3.00. The quantitative estimate of drug-likeness (QED) is 0.276. The lowest BCUT2D eigenvalue weighted by Gasteiger charge is -2.20. The number of hydrogen-bond acceptors (Lipinski definition) is 9. The Hall–Kier alpha value is -1.44. The summed E-state index contributed by atoms with van der Waals surface area (Å²) in [6.45, 7) is -0.620. The van der Waals surface area contributed by atoms with Gasteiger partial charge in [0.15, 0.2) is 16.8 Å². The Morgan fingerprint density at radius 1 is 1.54 bits per heavy atom.